The first-order valence-corrected chi connectivity index (χ1v) is 3.11. The molecular weight excluding hydrogens is 100 g/mol. The molecule has 0 saturated carbocycles. The van der Waals surface area contributed by atoms with Crippen molar-refractivity contribution in [2.75, 3.05) is 6.54 Å². The van der Waals surface area contributed by atoms with Gasteiger partial charge in [0.1, 0.15) is 0 Å². The number of nitrogens with one attached hydrogen (secondary N) is 2. The second-order valence-electron chi connectivity index (χ2n) is 2.47. The van der Waals surface area contributed by atoms with E-state index in [1.165, 1.54) is 6.42 Å². The Morgan fingerprint density at radius 2 is 2.50 bits per heavy atom. The van der Waals surface area contributed by atoms with Crippen LogP contribution in [0.15, 0.2) is 12.3 Å². The lowest BCUT2D eigenvalue weighted by molar-refractivity contribution is 0.608. The minimum atomic E-state index is 0.668. The number of fused-ring (bicyclic) bond motifs is 2. The largest absolute Gasteiger partial charge is 0.387 e. The molecule has 2 bridgehead atoms. The lowest BCUT2D eigenvalue weighted by Crippen LogP contribution is -2.26. The fourth-order valence-electron chi connectivity index (χ4n) is 1.35. The molecule has 2 heteroatoms. The highest BCUT2D eigenvalue weighted by molar-refractivity contribution is 5.05. The third-order valence-electron chi connectivity index (χ3n) is 1.83. The first kappa shape index (κ1) is 4.39. The zero-order valence-corrected chi connectivity index (χ0v) is 4.72. The van der Waals surface area contributed by atoms with Crippen molar-refractivity contribution in [1.82, 2.24) is 10.6 Å². The van der Waals surface area contributed by atoms with E-state index in [1.807, 2.05) is 0 Å². The van der Waals surface area contributed by atoms with Crippen molar-refractivity contribution in [2.24, 2.45) is 0 Å². The Morgan fingerprint density at radius 3 is 3.25 bits per heavy atom. The molecule has 2 rings (SSSR count). The highest BCUT2D eigenvalue weighted by atomic mass is 15.1. The molecule has 1 saturated heterocycles. The molecule has 2 heterocycles. The summed E-state index contributed by atoms with van der Waals surface area (Å²) in [5, 5.41) is 6.64. The average molecular weight is 110 g/mol. The number of hydrogen-bond donors (Lipinski definition) is 2. The van der Waals surface area contributed by atoms with Gasteiger partial charge in [0.05, 0.1) is 0 Å². The van der Waals surface area contributed by atoms with Crippen molar-refractivity contribution >= 4 is 0 Å². The van der Waals surface area contributed by atoms with Crippen molar-refractivity contribution in [3.63, 3.8) is 0 Å². The van der Waals surface area contributed by atoms with Crippen LogP contribution in [0.25, 0.3) is 0 Å². The summed E-state index contributed by atoms with van der Waals surface area (Å²) in [6.45, 7) is 1.14. The van der Waals surface area contributed by atoms with Crippen molar-refractivity contribution < 1.29 is 0 Å². The first-order chi connectivity index (χ1) is 3.95. The van der Waals surface area contributed by atoms with E-state index in [0.29, 0.717) is 12.1 Å². The standard InChI is InChI=1S/C6H10N2/c1-2-7-6-3-5(1)8-4-6/h1-2,5-8H,3-4H2. The molecule has 0 aliphatic carbocycles. The van der Waals surface area contributed by atoms with Crippen LogP contribution < -0.4 is 10.6 Å². The van der Waals surface area contributed by atoms with Crippen molar-refractivity contribution in [3.8, 4) is 0 Å². The van der Waals surface area contributed by atoms with Crippen molar-refractivity contribution in [3.05, 3.63) is 12.3 Å². The average Bonchev–Trinajstić information content (AvgIpc) is 2.12. The van der Waals surface area contributed by atoms with E-state index in [4.69, 9.17) is 0 Å². The van der Waals surface area contributed by atoms with Crippen LogP contribution in [0.5, 0.6) is 0 Å². The second-order valence-corrected chi connectivity index (χ2v) is 2.47. The van der Waals surface area contributed by atoms with Gasteiger partial charge >= 0.3 is 0 Å². The van der Waals surface area contributed by atoms with Gasteiger partial charge in [-0.25, -0.2) is 0 Å². The van der Waals surface area contributed by atoms with E-state index in [0.717, 1.165) is 6.54 Å². The van der Waals surface area contributed by atoms with Crippen LogP contribution in [0, 0.1) is 0 Å². The molecule has 1 fully saturated rings. The quantitative estimate of drug-likeness (QED) is 0.452. The normalized spacial score (nSPS) is 42.0. The molecule has 2 aliphatic heterocycles. The van der Waals surface area contributed by atoms with Gasteiger partial charge in [0, 0.05) is 18.6 Å². The van der Waals surface area contributed by atoms with Gasteiger partial charge in [-0.1, -0.05) is 6.08 Å². The summed E-state index contributed by atoms with van der Waals surface area (Å²) < 4.78 is 0. The van der Waals surface area contributed by atoms with Crippen LogP contribution >= 0.6 is 0 Å². The lowest BCUT2D eigenvalue weighted by Gasteiger charge is -2.12. The zero-order chi connectivity index (χ0) is 5.40. The minimum absolute atomic E-state index is 0.668. The molecule has 0 aromatic rings. The van der Waals surface area contributed by atoms with Crippen LogP contribution in [0.1, 0.15) is 6.42 Å². The molecule has 0 aromatic carbocycles. The summed E-state index contributed by atoms with van der Waals surface area (Å²) in [6.07, 6.45) is 5.51. The molecule has 8 heavy (non-hydrogen) atoms. The van der Waals surface area contributed by atoms with Crippen LogP contribution in [-0.2, 0) is 0 Å². The van der Waals surface area contributed by atoms with Gasteiger partial charge in [-0.15, -0.1) is 0 Å². The van der Waals surface area contributed by atoms with Crippen molar-refractivity contribution in [2.45, 2.75) is 18.5 Å². The molecule has 0 amide bonds. The van der Waals surface area contributed by atoms with Crippen LogP contribution in [0.2, 0.25) is 0 Å². The summed E-state index contributed by atoms with van der Waals surface area (Å²) in [4.78, 5) is 0. The van der Waals surface area contributed by atoms with E-state index in [9.17, 15) is 0 Å². The van der Waals surface area contributed by atoms with E-state index < -0.39 is 0 Å². The fourth-order valence-corrected chi connectivity index (χ4v) is 1.35. The molecule has 0 radical (unpaired) electrons. The molecule has 44 valence electrons. The molecule has 2 unspecified atom stereocenters. The zero-order valence-electron chi connectivity index (χ0n) is 4.72. The van der Waals surface area contributed by atoms with Gasteiger partial charge in [-0.05, 0) is 12.6 Å². The first-order valence-electron chi connectivity index (χ1n) is 3.11. The Hall–Kier alpha value is -0.500. The summed E-state index contributed by atoms with van der Waals surface area (Å²) in [6, 6.07) is 1.38. The smallest absolute Gasteiger partial charge is 0.0398 e. The lowest BCUT2D eigenvalue weighted by atomic mass is 10.1. The van der Waals surface area contributed by atoms with E-state index >= 15 is 0 Å². The Labute approximate surface area is 49.0 Å². The van der Waals surface area contributed by atoms with Gasteiger partial charge in [0.2, 0.25) is 0 Å². The summed E-state index contributed by atoms with van der Waals surface area (Å²) >= 11 is 0. The Kier molecular flexibility index (Phi) is 0.815. The number of hydrogen-bond acceptors (Lipinski definition) is 2. The summed E-state index contributed by atoms with van der Waals surface area (Å²) in [7, 11) is 0. The molecule has 2 aliphatic rings. The Morgan fingerprint density at radius 1 is 1.50 bits per heavy atom. The number of rotatable bonds is 0. The third kappa shape index (κ3) is 0.530. The maximum absolute atomic E-state index is 3.37. The van der Waals surface area contributed by atoms with E-state index in [1.54, 1.807) is 0 Å². The Bertz CT molecular complexity index is 120. The minimum Gasteiger partial charge on any atom is -0.387 e. The van der Waals surface area contributed by atoms with Gasteiger partial charge in [-0.2, -0.15) is 0 Å². The van der Waals surface area contributed by atoms with Crippen LogP contribution in [0.4, 0.5) is 0 Å². The molecule has 0 aromatic heterocycles. The predicted molar refractivity (Wildman–Crippen MR) is 32.5 cm³/mol. The highest BCUT2D eigenvalue weighted by Crippen LogP contribution is 2.10. The van der Waals surface area contributed by atoms with Crippen LogP contribution in [0.3, 0.4) is 0 Å². The highest BCUT2D eigenvalue weighted by Gasteiger charge is 2.23. The molecular formula is C6H10N2. The maximum Gasteiger partial charge on any atom is 0.0398 e. The second kappa shape index (κ2) is 1.49. The SMILES string of the molecule is C1=CC2CC(CN2)N1. The van der Waals surface area contributed by atoms with Crippen LogP contribution in [-0.4, -0.2) is 18.6 Å². The monoisotopic (exact) mass is 110 g/mol. The van der Waals surface area contributed by atoms with Gasteiger partial charge in [0.15, 0.2) is 0 Å². The molecule has 2 N–H and O–H groups in total. The topological polar surface area (TPSA) is 24.1 Å². The molecule has 0 spiro atoms. The van der Waals surface area contributed by atoms with Gasteiger partial charge < -0.3 is 10.6 Å². The fraction of sp³-hybridized carbons (Fsp3) is 0.667. The van der Waals surface area contributed by atoms with E-state index in [-0.39, 0.29) is 0 Å². The Balaban J connectivity index is 2.17. The predicted octanol–water partition coefficient (Wildman–Crippen LogP) is -0.166. The maximum atomic E-state index is 3.37. The third-order valence-corrected chi connectivity index (χ3v) is 1.83. The van der Waals surface area contributed by atoms with Gasteiger partial charge in [0.25, 0.3) is 0 Å². The summed E-state index contributed by atoms with van der Waals surface area (Å²) in [5.74, 6) is 0. The van der Waals surface area contributed by atoms with Gasteiger partial charge in [-0.3, -0.25) is 0 Å². The van der Waals surface area contributed by atoms with Crippen molar-refractivity contribution in [1.29, 1.82) is 0 Å². The van der Waals surface area contributed by atoms with E-state index in [2.05, 4.69) is 22.9 Å². The summed E-state index contributed by atoms with van der Waals surface area (Å²) in [5.41, 5.74) is 0. The molecule has 2 atom stereocenters. The molecule has 2 nitrogen and oxygen atoms in total.